The molecule has 0 saturated heterocycles. The van der Waals surface area contributed by atoms with E-state index in [0.29, 0.717) is 4.75 Å². The summed E-state index contributed by atoms with van der Waals surface area (Å²) in [5.74, 6) is 0. The van der Waals surface area contributed by atoms with Crippen LogP contribution in [-0.2, 0) is 11.2 Å². The molecule has 1 aliphatic heterocycles. The van der Waals surface area contributed by atoms with Crippen molar-refractivity contribution in [2.45, 2.75) is 43.3 Å². The molecule has 1 aromatic rings. The molecule has 1 heterocycles. The standard InChI is InChI=1S/C12H16S2/c1-4-6-9-7-5-8-10-11(9)13-14-12(10,2)3/h5,7-8H,4,6H2,1-3H3. The number of benzene rings is 1. The molecule has 0 saturated carbocycles. The molecule has 0 amide bonds. The van der Waals surface area contributed by atoms with E-state index in [4.69, 9.17) is 0 Å². The summed E-state index contributed by atoms with van der Waals surface area (Å²) >= 11 is 0. The summed E-state index contributed by atoms with van der Waals surface area (Å²) in [6.07, 6.45) is 2.45. The Labute approximate surface area is 94.3 Å². The summed E-state index contributed by atoms with van der Waals surface area (Å²) in [4.78, 5) is 1.53. The Morgan fingerprint density at radius 3 is 2.79 bits per heavy atom. The highest BCUT2D eigenvalue weighted by atomic mass is 33.1. The topological polar surface area (TPSA) is 0 Å². The molecule has 76 valence electrons. The second-order valence-electron chi connectivity index (χ2n) is 4.22. The number of hydrogen-bond donors (Lipinski definition) is 0. The van der Waals surface area contributed by atoms with Gasteiger partial charge in [-0.1, -0.05) is 53.1 Å². The highest BCUT2D eigenvalue weighted by molar-refractivity contribution is 8.77. The maximum absolute atomic E-state index is 2.31. The maximum Gasteiger partial charge on any atom is 0.0470 e. The predicted octanol–water partition coefficient (Wildman–Crippen LogP) is 4.63. The quantitative estimate of drug-likeness (QED) is 0.672. The zero-order chi connectivity index (χ0) is 10.2. The zero-order valence-electron chi connectivity index (χ0n) is 8.96. The molecule has 0 fully saturated rings. The van der Waals surface area contributed by atoms with Gasteiger partial charge in [-0.25, -0.2) is 0 Å². The van der Waals surface area contributed by atoms with Crippen LogP contribution in [0, 0.1) is 0 Å². The highest BCUT2D eigenvalue weighted by Crippen LogP contribution is 2.57. The molecule has 0 nitrogen and oxygen atoms in total. The molecule has 0 aromatic heterocycles. The lowest BCUT2D eigenvalue weighted by molar-refractivity contribution is 0.765. The van der Waals surface area contributed by atoms with Crippen LogP contribution in [0.5, 0.6) is 0 Å². The van der Waals surface area contributed by atoms with Gasteiger partial charge in [0.15, 0.2) is 0 Å². The normalized spacial score (nSPS) is 18.2. The van der Waals surface area contributed by atoms with Crippen LogP contribution in [-0.4, -0.2) is 0 Å². The van der Waals surface area contributed by atoms with Gasteiger partial charge in [0, 0.05) is 9.64 Å². The molecular formula is C12H16S2. The first-order chi connectivity index (χ1) is 6.65. The third-order valence-electron chi connectivity index (χ3n) is 2.60. The fraction of sp³-hybridized carbons (Fsp3) is 0.500. The van der Waals surface area contributed by atoms with Crippen molar-refractivity contribution in [2.75, 3.05) is 0 Å². The first-order valence-corrected chi connectivity index (χ1v) is 7.28. The molecule has 2 heteroatoms. The molecule has 0 bridgehead atoms. The van der Waals surface area contributed by atoms with Crippen LogP contribution in [0.15, 0.2) is 23.1 Å². The Morgan fingerprint density at radius 1 is 1.29 bits per heavy atom. The molecule has 0 radical (unpaired) electrons. The van der Waals surface area contributed by atoms with E-state index in [2.05, 4.69) is 39.0 Å². The lowest BCUT2D eigenvalue weighted by Crippen LogP contribution is -2.07. The van der Waals surface area contributed by atoms with Gasteiger partial charge in [-0.2, -0.15) is 0 Å². The molecule has 0 spiro atoms. The van der Waals surface area contributed by atoms with Gasteiger partial charge < -0.3 is 0 Å². The van der Waals surface area contributed by atoms with Crippen LogP contribution in [0.4, 0.5) is 0 Å². The van der Waals surface area contributed by atoms with Gasteiger partial charge in [-0.3, -0.25) is 0 Å². The van der Waals surface area contributed by atoms with Crippen molar-refractivity contribution in [1.82, 2.24) is 0 Å². The molecule has 14 heavy (non-hydrogen) atoms. The number of hydrogen-bond acceptors (Lipinski definition) is 2. The molecule has 0 unspecified atom stereocenters. The van der Waals surface area contributed by atoms with E-state index < -0.39 is 0 Å². The minimum absolute atomic E-state index is 0.295. The SMILES string of the molecule is CCCc1cccc2c1SSC2(C)C. The van der Waals surface area contributed by atoms with Crippen molar-refractivity contribution in [2.24, 2.45) is 0 Å². The average molecular weight is 224 g/mol. The van der Waals surface area contributed by atoms with Crippen molar-refractivity contribution in [1.29, 1.82) is 0 Å². The molecule has 0 aliphatic carbocycles. The molecule has 0 N–H and O–H groups in total. The van der Waals surface area contributed by atoms with E-state index in [0.717, 1.165) is 0 Å². The van der Waals surface area contributed by atoms with Gasteiger partial charge in [0.05, 0.1) is 0 Å². The van der Waals surface area contributed by atoms with Crippen LogP contribution < -0.4 is 0 Å². The Bertz CT molecular complexity index is 342. The summed E-state index contributed by atoms with van der Waals surface area (Å²) in [6.45, 7) is 6.87. The average Bonchev–Trinajstić information content (AvgIpc) is 2.45. The number of fused-ring (bicyclic) bond motifs is 1. The summed E-state index contributed by atoms with van der Waals surface area (Å²) in [7, 11) is 3.94. The second kappa shape index (κ2) is 3.82. The van der Waals surface area contributed by atoms with E-state index in [9.17, 15) is 0 Å². The lowest BCUT2D eigenvalue weighted by atomic mass is 9.98. The fourth-order valence-corrected chi connectivity index (χ4v) is 4.86. The Hall–Kier alpha value is -0.0800. The lowest BCUT2D eigenvalue weighted by Gasteiger charge is -2.16. The molecule has 1 aliphatic rings. The van der Waals surface area contributed by atoms with Crippen molar-refractivity contribution in [3.05, 3.63) is 29.3 Å². The largest absolute Gasteiger partial charge is 0.0778 e. The van der Waals surface area contributed by atoms with E-state index in [1.807, 2.05) is 21.6 Å². The number of rotatable bonds is 2. The first-order valence-electron chi connectivity index (χ1n) is 5.13. The van der Waals surface area contributed by atoms with E-state index >= 15 is 0 Å². The summed E-state index contributed by atoms with van der Waals surface area (Å²) in [5.41, 5.74) is 3.06. The van der Waals surface area contributed by atoms with Gasteiger partial charge >= 0.3 is 0 Å². The third kappa shape index (κ3) is 1.70. The molecule has 0 atom stereocenters. The zero-order valence-corrected chi connectivity index (χ0v) is 10.6. The molecular weight excluding hydrogens is 208 g/mol. The summed E-state index contributed by atoms with van der Waals surface area (Å²) in [6, 6.07) is 6.76. The van der Waals surface area contributed by atoms with E-state index in [1.54, 1.807) is 0 Å². The highest BCUT2D eigenvalue weighted by Gasteiger charge is 2.32. The van der Waals surface area contributed by atoms with Crippen molar-refractivity contribution in [3.8, 4) is 0 Å². The predicted molar refractivity (Wildman–Crippen MR) is 66.9 cm³/mol. The van der Waals surface area contributed by atoms with Crippen LogP contribution >= 0.6 is 21.6 Å². The Balaban J connectivity index is 2.45. The second-order valence-corrected chi connectivity index (χ2v) is 6.98. The summed E-state index contributed by atoms with van der Waals surface area (Å²) < 4.78 is 0.295. The molecule has 1 aromatic carbocycles. The van der Waals surface area contributed by atoms with E-state index in [-0.39, 0.29) is 0 Å². The van der Waals surface area contributed by atoms with Gasteiger partial charge in [-0.05, 0) is 31.4 Å². The number of aryl methyl sites for hydroxylation is 1. The van der Waals surface area contributed by atoms with Crippen molar-refractivity contribution >= 4 is 21.6 Å². The van der Waals surface area contributed by atoms with Gasteiger partial charge in [0.25, 0.3) is 0 Å². The van der Waals surface area contributed by atoms with Gasteiger partial charge in [0.2, 0.25) is 0 Å². The fourth-order valence-electron chi connectivity index (χ4n) is 1.81. The third-order valence-corrected chi connectivity index (χ3v) is 5.97. The minimum Gasteiger partial charge on any atom is -0.0778 e. The summed E-state index contributed by atoms with van der Waals surface area (Å²) in [5, 5.41) is 0. The van der Waals surface area contributed by atoms with Gasteiger partial charge in [0.1, 0.15) is 0 Å². The van der Waals surface area contributed by atoms with Crippen LogP contribution in [0.2, 0.25) is 0 Å². The van der Waals surface area contributed by atoms with E-state index in [1.165, 1.54) is 28.9 Å². The Kier molecular flexibility index (Phi) is 2.85. The van der Waals surface area contributed by atoms with Crippen molar-refractivity contribution in [3.63, 3.8) is 0 Å². The Morgan fingerprint density at radius 2 is 2.07 bits per heavy atom. The first kappa shape index (κ1) is 10.4. The van der Waals surface area contributed by atoms with Crippen LogP contribution in [0.3, 0.4) is 0 Å². The monoisotopic (exact) mass is 224 g/mol. The maximum atomic E-state index is 2.31. The van der Waals surface area contributed by atoms with Gasteiger partial charge in [-0.15, -0.1) is 0 Å². The minimum atomic E-state index is 0.295. The van der Waals surface area contributed by atoms with Crippen LogP contribution in [0.25, 0.3) is 0 Å². The van der Waals surface area contributed by atoms with Crippen LogP contribution in [0.1, 0.15) is 38.3 Å². The van der Waals surface area contributed by atoms with Crippen molar-refractivity contribution < 1.29 is 0 Å². The smallest absolute Gasteiger partial charge is 0.0470 e. The molecule has 2 rings (SSSR count).